The van der Waals surface area contributed by atoms with Crippen molar-refractivity contribution in [3.8, 4) is 0 Å². The minimum Gasteiger partial charge on any atom is -0.355 e. The summed E-state index contributed by atoms with van der Waals surface area (Å²) in [5.74, 6) is 1.64. The minimum absolute atomic E-state index is 0.0595. The van der Waals surface area contributed by atoms with Crippen molar-refractivity contribution in [1.29, 1.82) is 0 Å². The summed E-state index contributed by atoms with van der Waals surface area (Å²) >= 11 is 1.56. The summed E-state index contributed by atoms with van der Waals surface area (Å²) in [6, 6.07) is 0. The van der Waals surface area contributed by atoms with Gasteiger partial charge in [0.2, 0.25) is 0 Å². The van der Waals surface area contributed by atoms with E-state index in [1.807, 2.05) is 24.2 Å². The lowest BCUT2D eigenvalue weighted by Crippen LogP contribution is -2.29. The molecule has 2 aromatic heterocycles. The van der Waals surface area contributed by atoms with E-state index >= 15 is 0 Å². The first-order chi connectivity index (χ1) is 12.2. The van der Waals surface area contributed by atoms with E-state index in [2.05, 4.69) is 25.6 Å². The number of hydrogen-bond donors (Lipinski definition) is 3. The standard InChI is InChI=1S/C13H15N5OS.C4H9N/c1-8-5-15-11-10(8)12(17-7-16-11)18-3-4-20-9(6-18)13(19)14-2;1-2-4-5-3-1/h5-7H,3-4H2,1-2H3,(H,14,19)(H,15,16,17);5H,1-4H2. The maximum Gasteiger partial charge on any atom is 0.258 e. The van der Waals surface area contributed by atoms with Crippen LogP contribution in [0.5, 0.6) is 0 Å². The minimum atomic E-state index is -0.0595. The summed E-state index contributed by atoms with van der Waals surface area (Å²) in [4.78, 5) is 26.2. The van der Waals surface area contributed by atoms with Crippen molar-refractivity contribution < 1.29 is 4.79 Å². The van der Waals surface area contributed by atoms with Crippen LogP contribution in [-0.2, 0) is 4.79 Å². The fraction of sp³-hybridized carbons (Fsp3) is 0.471. The van der Waals surface area contributed by atoms with E-state index in [-0.39, 0.29) is 5.91 Å². The highest BCUT2D eigenvalue weighted by atomic mass is 32.2. The second-order valence-corrected chi connectivity index (χ2v) is 7.10. The Morgan fingerprint density at radius 3 is 2.80 bits per heavy atom. The van der Waals surface area contributed by atoms with Crippen LogP contribution in [0.2, 0.25) is 0 Å². The molecule has 0 atom stereocenters. The maximum absolute atomic E-state index is 11.8. The van der Waals surface area contributed by atoms with E-state index in [4.69, 9.17) is 0 Å². The van der Waals surface area contributed by atoms with Crippen LogP contribution in [-0.4, -0.2) is 53.3 Å². The smallest absolute Gasteiger partial charge is 0.258 e. The quantitative estimate of drug-likeness (QED) is 0.757. The number of aryl methyl sites for hydroxylation is 1. The van der Waals surface area contributed by atoms with Crippen LogP contribution in [0, 0.1) is 6.92 Å². The van der Waals surface area contributed by atoms with Crippen molar-refractivity contribution in [2.75, 3.05) is 37.3 Å². The number of carbonyl (C=O) groups is 1. The van der Waals surface area contributed by atoms with Gasteiger partial charge in [0, 0.05) is 31.7 Å². The summed E-state index contributed by atoms with van der Waals surface area (Å²) in [5.41, 5.74) is 1.92. The summed E-state index contributed by atoms with van der Waals surface area (Å²) in [5, 5.41) is 6.89. The van der Waals surface area contributed by atoms with Gasteiger partial charge in [-0.15, -0.1) is 11.8 Å². The van der Waals surface area contributed by atoms with E-state index < -0.39 is 0 Å². The van der Waals surface area contributed by atoms with E-state index in [9.17, 15) is 4.79 Å². The number of anilines is 1. The van der Waals surface area contributed by atoms with Gasteiger partial charge in [-0.05, 0) is 38.4 Å². The molecule has 0 radical (unpaired) electrons. The Bertz CT molecular complexity index is 760. The molecule has 0 spiro atoms. The predicted molar refractivity (Wildman–Crippen MR) is 103 cm³/mol. The van der Waals surface area contributed by atoms with Crippen LogP contribution in [0.3, 0.4) is 0 Å². The van der Waals surface area contributed by atoms with Crippen LogP contribution in [0.4, 0.5) is 5.82 Å². The average Bonchev–Trinajstić information content (AvgIpc) is 3.35. The molecule has 25 heavy (non-hydrogen) atoms. The summed E-state index contributed by atoms with van der Waals surface area (Å²) < 4.78 is 0. The largest absolute Gasteiger partial charge is 0.355 e. The average molecular weight is 360 g/mol. The number of fused-ring (bicyclic) bond motifs is 1. The molecular weight excluding hydrogens is 336 g/mol. The second kappa shape index (κ2) is 8.35. The van der Waals surface area contributed by atoms with Gasteiger partial charge in [-0.1, -0.05) is 0 Å². The molecule has 2 aliphatic rings. The molecule has 3 N–H and O–H groups in total. The van der Waals surface area contributed by atoms with E-state index in [1.54, 1.807) is 25.1 Å². The summed E-state index contributed by atoms with van der Waals surface area (Å²) in [6.45, 7) is 5.34. The van der Waals surface area contributed by atoms with Crippen LogP contribution in [0.25, 0.3) is 11.0 Å². The zero-order valence-corrected chi connectivity index (χ0v) is 15.4. The van der Waals surface area contributed by atoms with E-state index in [0.29, 0.717) is 4.91 Å². The van der Waals surface area contributed by atoms with Gasteiger partial charge in [-0.25, -0.2) is 9.97 Å². The molecule has 1 fully saturated rings. The van der Waals surface area contributed by atoms with Crippen LogP contribution >= 0.6 is 11.8 Å². The van der Waals surface area contributed by atoms with Crippen LogP contribution in [0.1, 0.15) is 18.4 Å². The van der Waals surface area contributed by atoms with Crippen molar-refractivity contribution in [1.82, 2.24) is 25.6 Å². The Balaban J connectivity index is 0.000000314. The van der Waals surface area contributed by atoms with Gasteiger partial charge in [0.25, 0.3) is 5.91 Å². The SMILES string of the molecule is C1CCNC1.CNC(=O)C1=CN(c2ncnc3[nH]cc(C)c23)CCS1. The van der Waals surface area contributed by atoms with Crippen molar-refractivity contribution in [3.63, 3.8) is 0 Å². The molecule has 1 amide bonds. The Morgan fingerprint density at radius 2 is 2.12 bits per heavy atom. The Labute approximate surface area is 151 Å². The molecule has 2 aliphatic heterocycles. The molecule has 0 saturated carbocycles. The summed E-state index contributed by atoms with van der Waals surface area (Å²) in [7, 11) is 1.64. The zero-order valence-electron chi connectivity index (χ0n) is 14.6. The highest BCUT2D eigenvalue weighted by Crippen LogP contribution is 2.30. The first-order valence-electron chi connectivity index (χ1n) is 8.53. The zero-order chi connectivity index (χ0) is 17.6. The Morgan fingerprint density at radius 1 is 1.32 bits per heavy atom. The number of hydrogen-bond acceptors (Lipinski definition) is 6. The lowest BCUT2D eigenvalue weighted by molar-refractivity contribution is -0.116. The lowest BCUT2D eigenvalue weighted by Gasteiger charge is -2.25. The normalized spacial score (nSPS) is 17.0. The van der Waals surface area contributed by atoms with Crippen molar-refractivity contribution in [3.05, 3.63) is 29.2 Å². The number of rotatable bonds is 2. The number of aromatic nitrogens is 3. The van der Waals surface area contributed by atoms with Crippen LogP contribution in [0.15, 0.2) is 23.6 Å². The molecule has 4 rings (SSSR count). The topological polar surface area (TPSA) is 85.9 Å². The van der Waals surface area contributed by atoms with Gasteiger partial charge in [0.15, 0.2) is 0 Å². The number of nitrogens with zero attached hydrogens (tertiary/aromatic N) is 3. The third-order valence-electron chi connectivity index (χ3n) is 4.19. The van der Waals surface area contributed by atoms with Gasteiger partial charge in [0.05, 0.1) is 10.3 Å². The highest BCUT2D eigenvalue weighted by Gasteiger charge is 2.20. The number of likely N-dealkylation sites (N-methyl/N-ethyl adjacent to an activating group) is 1. The lowest BCUT2D eigenvalue weighted by atomic mass is 10.2. The van der Waals surface area contributed by atoms with Crippen molar-refractivity contribution in [2.45, 2.75) is 19.8 Å². The van der Waals surface area contributed by atoms with Gasteiger partial charge in [0.1, 0.15) is 17.8 Å². The number of amides is 1. The van der Waals surface area contributed by atoms with Crippen LogP contribution < -0.4 is 15.5 Å². The number of thioether (sulfide) groups is 1. The molecule has 7 nitrogen and oxygen atoms in total. The molecule has 8 heteroatoms. The highest BCUT2D eigenvalue weighted by molar-refractivity contribution is 8.04. The number of carbonyl (C=O) groups excluding carboxylic acids is 1. The molecular formula is C17H24N6OS. The molecule has 134 valence electrons. The first-order valence-corrected chi connectivity index (χ1v) is 9.52. The Kier molecular flexibility index (Phi) is 5.93. The van der Waals surface area contributed by atoms with Gasteiger partial charge in [-0.3, -0.25) is 4.79 Å². The summed E-state index contributed by atoms with van der Waals surface area (Å²) in [6.07, 6.45) is 8.11. The fourth-order valence-electron chi connectivity index (χ4n) is 2.85. The monoisotopic (exact) mass is 360 g/mol. The van der Waals surface area contributed by atoms with Gasteiger partial charge >= 0.3 is 0 Å². The van der Waals surface area contributed by atoms with Crippen molar-refractivity contribution in [2.24, 2.45) is 0 Å². The second-order valence-electron chi connectivity index (χ2n) is 5.96. The maximum atomic E-state index is 11.8. The molecule has 1 saturated heterocycles. The molecule has 2 aromatic rings. The molecule has 0 unspecified atom stereocenters. The van der Waals surface area contributed by atoms with E-state index in [1.165, 1.54) is 25.9 Å². The molecule has 0 aromatic carbocycles. The molecule has 4 heterocycles. The first kappa shape index (κ1) is 17.8. The molecule has 0 bridgehead atoms. The number of H-pyrrole nitrogens is 1. The number of nitrogens with one attached hydrogen (secondary N) is 3. The van der Waals surface area contributed by atoms with Gasteiger partial charge < -0.3 is 20.5 Å². The van der Waals surface area contributed by atoms with Crippen molar-refractivity contribution >= 4 is 34.5 Å². The number of aromatic amines is 1. The third kappa shape index (κ3) is 4.13. The predicted octanol–water partition coefficient (Wildman–Crippen LogP) is 1.78. The Hall–Kier alpha value is -2.06. The van der Waals surface area contributed by atoms with E-state index in [0.717, 1.165) is 34.7 Å². The van der Waals surface area contributed by atoms with Gasteiger partial charge in [-0.2, -0.15) is 0 Å². The third-order valence-corrected chi connectivity index (χ3v) is 5.18. The fourth-order valence-corrected chi connectivity index (χ4v) is 3.79. The molecule has 0 aliphatic carbocycles.